The Morgan fingerprint density at radius 3 is 2.47 bits per heavy atom. The Hall–Kier alpha value is -0.380. The Labute approximate surface area is 98.4 Å². The fraction of sp³-hybridized carbons (Fsp3) is 0.818. The highest BCUT2D eigenvalue weighted by molar-refractivity contribution is 9.08. The van der Waals surface area contributed by atoms with Crippen LogP contribution in [0.25, 0.3) is 0 Å². The lowest BCUT2D eigenvalue weighted by atomic mass is 10.1. The van der Waals surface area contributed by atoms with E-state index in [1.54, 1.807) is 0 Å². The summed E-state index contributed by atoms with van der Waals surface area (Å²) in [6.07, 6.45) is 7.99. The Bertz CT molecular complexity index is 351. The number of hydrogen-bond donors (Lipinski definition) is 0. The van der Waals surface area contributed by atoms with Crippen molar-refractivity contribution in [2.24, 2.45) is 0 Å². The molecule has 3 nitrogen and oxygen atoms in total. The van der Waals surface area contributed by atoms with E-state index < -0.39 is 0 Å². The molecule has 0 aliphatic heterocycles. The summed E-state index contributed by atoms with van der Waals surface area (Å²) < 4.78 is 2.41. The molecule has 82 valence electrons. The van der Waals surface area contributed by atoms with E-state index >= 15 is 0 Å². The summed E-state index contributed by atoms with van der Waals surface area (Å²) in [6.45, 7) is 0. The predicted molar refractivity (Wildman–Crippen MR) is 62.1 cm³/mol. The second kappa shape index (κ2) is 3.89. The number of aromatic nitrogens is 3. The van der Waals surface area contributed by atoms with Crippen LogP contribution in [0.5, 0.6) is 0 Å². The molecule has 2 aliphatic carbocycles. The minimum atomic E-state index is 0.686. The normalized spacial score (nSPS) is 22.5. The number of rotatable bonds is 3. The van der Waals surface area contributed by atoms with Crippen molar-refractivity contribution in [1.82, 2.24) is 14.8 Å². The lowest BCUT2D eigenvalue weighted by molar-refractivity contribution is 0.583. The summed E-state index contributed by atoms with van der Waals surface area (Å²) in [7, 11) is 0. The molecule has 0 N–H and O–H groups in total. The maximum Gasteiger partial charge on any atom is 0.143 e. The van der Waals surface area contributed by atoms with Gasteiger partial charge in [-0.2, -0.15) is 0 Å². The minimum Gasteiger partial charge on any atom is -0.311 e. The second-order valence-electron chi connectivity index (χ2n) is 4.69. The zero-order valence-electron chi connectivity index (χ0n) is 8.82. The number of halogens is 1. The van der Waals surface area contributed by atoms with Gasteiger partial charge in [0.1, 0.15) is 11.6 Å². The molecule has 0 spiro atoms. The van der Waals surface area contributed by atoms with Crippen LogP contribution in [-0.4, -0.2) is 14.8 Å². The molecule has 0 atom stereocenters. The van der Waals surface area contributed by atoms with Gasteiger partial charge in [0.15, 0.2) is 0 Å². The third-order valence-corrected chi connectivity index (χ3v) is 4.05. The van der Waals surface area contributed by atoms with Gasteiger partial charge < -0.3 is 4.57 Å². The summed E-state index contributed by atoms with van der Waals surface area (Å²) in [5, 5.41) is 9.56. The molecule has 2 fully saturated rings. The van der Waals surface area contributed by atoms with Gasteiger partial charge in [-0.15, -0.1) is 10.2 Å². The molecule has 1 aromatic rings. The lowest BCUT2D eigenvalue weighted by Crippen LogP contribution is -2.07. The topological polar surface area (TPSA) is 30.7 Å². The van der Waals surface area contributed by atoms with Gasteiger partial charge in [0, 0.05) is 12.0 Å². The van der Waals surface area contributed by atoms with Crippen molar-refractivity contribution < 1.29 is 0 Å². The van der Waals surface area contributed by atoms with Gasteiger partial charge in [-0.3, -0.25) is 0 Å². The van der Waals surface area contributed by atoms with Crippen molar-refractivity contribution in [3.63, 3.8) is 0 Å². The smallest absolute Gasteiger partial charge is 0.143 e. The number of alkyl halides is 1. The fourth-order valence-corrected chi connectivity index (χ4v) is 3.00. The average molecular weight is 270 g/mol. The first kappa shape index (κ1) is 9.82. The van der Waals surface area contributed by atoms with Gasteiger partial charge in [-0.1, -0.05) is 28.8 Å². The second-order valence-corrected chi connectivity index (χ2v) is 5.25. The Balaban J connectivity index is 1.94. The summed E-state index contributed by atoms with van der Waals surface area (Å²) in [5.41, 5.74) is 0. The van der Waals surface area contributed by atoms with Gasteiger partial charge in [0.25, 0.3) is 0 Å². The first-order chi connectivity index (χ1) is 7.40. The van der Waals surface area contributed by atoms with Crippen LogP contribution in [0.4, 0.5) is 0 Å². The fourth-order valence-electron chi connectivity index (χ4n) is 2.62. The molecule has 1 heterocycles. The molecule has 0 amide bonds. The van der Waals surface area contributed by atoms with E-state index in [9.17, 15) is 0 Å². The summed E-state index contributed by atoms with van der Waals surface area (Å²) in [6, 6.07) is 0.711. The molecule has 3 rings (SSSR count). The SMILES string of the molecule is BrCc1nnc(C2CCCC2)n1C1CC1. The molecule has 0 saturated heterocycles. The van der Waals surface area contributed by atoms with E-state index in [1.165, 1.54) is 44.3 Å². The molecule has 1 aromatic heterocycles. The third-order valence-electron chi connectivity index (χ3n) is 3.54. The van der Waals surface area contributed by atoms with Crippen LogP contribution in [0.2, 0.25) is 0 Å². The zero-order valence-corrected chi connectivity index (χ0v) is 10.4. The molecule has 2 aliphatic rings. The van der Waals surface area contributed by atoms with Crippen LogP contribution in [0.15, 0.2) is 0 Å². The predicted octanol–water partition coefficient (Wildman–Crippen LogP) is 3.17. The first-order valence-corrected chi connectivity index (χ1v) is 7.02. The molecule has 2 saturated carbocycles. The highest BCUT2D eigenvalue weighted by Crippen LogP contribution is 2.41. The van der Waals surface area contributed by atoms with E-state index in [4.69, 9.17) is 0 Å². The largest absolute Gasteiger partial charge is 0.311 e. The Morgan fingerprint density at radius 2 is 1.87 bits per heavy atom. The van der Waals surface area contributed by atoms with E-state index in [0.29, 0.717) is 12.0 Å². The van der Waals surface area contributed by atoms with Gasteiger partial charge in [0.05, 0.1) is 5.33 Å². The first-order valence-electron chi connectivity index (χ1n) is 5.90. The van der Waals surface area contributed by atoms with E-state index in [2.05, 4.69) is 30.7 Å². The monoisotopic (exact) mass is 269 g/mol. The summed E-state index contributed by atoms with van der Waals surface area (Å²) in [5.74, 6) is 3.08. The maximum absolute atomic E-state index is 4.41. The van der Waals surface area contributed by atoms with Crippen molar-refractivity contribution in [3.8, 4) is 0 Å². The Morgan fingerprint density at radius 1 is 1.13 bits per heavy atom. The van der Waals surface area contributed by atoms with Crippen LogP contribution in [0, 0.1) is 0 Å². The van der Waals surface area contributed by atoms with Crippen LogP contribution in [-0.2, 0) is 5.33 Å². The van der Waals surface area contributed by atoms with Crippen LogP contribution in [0.3, 0.4) is 0 Å². The van der Waals surface area contributed by atoms with Gasteiger partial charge >= 0.3 is 0 Å². The molecule has 0 aromatic carbocycles. The molecule has 0 radical (unpaired) electrons. The molecular weight excluding hydrogens is 254 g/mol. The van der Waals surface area contributed by atoms with Gasteiger partial charge in [-0.05, 0) is 25.7 Å². The lowest BCUT2D eigenvalue weighted by Gasteiger charge is -2.12. The summed E-state index contributed by atoms with van der Waals surface area (Å²) in [4.78, 5) is 0. The van der Waals surface area contributed by atoms with Crippen molar-refractivity contribution in [3.05, 3.63) is 11.6 Å². The molecule has 0 unspecified atom stereocenters. The van der Waals surface area contributed by atoms with Crippen molar-refractivity contribution in [1.29, 1.82) is 0 Å². The Kier molecular flexibility index (Phi) is 2.54. The standard InChI is InChI=1S/C11H16BrN3/c12-7-10-13-14-11(8-3-1-2-4-8)15(10)9-5-6-9/h8-9H,1-7H2. The minimum absolute atomic E-state index is 0.686. The zero-order chi connectivity index (χ0) is 10.3. The van der Waals surface area contributed by atoms with Gasteiger partial charge in [-0.25, -0.2) is 0 Å². The van der Waals surface area contributed by atoms with E-state index in [0.717, 1.165) is 11.2 Å². The third kappa shape index (κ3) is 1.73. The van der Waals surface area contributed by atoms with Crippen LogP contribution in [0.1, 0.15) is 62.1 Å². The number of nitrogens with zero attached hydrogens (tertiary/aromatic N) is 3. The van der Waals surface area contributed by atoms with Crippen molar-refractivity contribution >= 4 is 15.9 Å². The van der Waals surface area contributed by atoms with Crippen LogP contribution < -0.4 is 0 Å². The molecule has 4 heteroatoms. The highest BCUT2D eigenvalue weighted by atomic mass is 79.9. The highest BCUT2D eigenvalue weighted by Gasteiger charge is 2.32. The van der Waals surface area contributed by atoms with Gasteiger partial charge in [0.2, 0.25) is 0 Å². The van der Waals surface area contributed by atoms with E-state index in [-0.39, 0.29) is 0 Å². The molecule has 15 heavy (non-hydrogen) atoms. The van der Waals surface area contributed by atoms with E-state index in [1.807, 2.05) is 0 Å². The summed E-state index contributed by atoms with van der Waals surface area (Å²) >= 11 is 3.50. The van der Waals surface area contributed by atoms with Crippen molar-refractivity contribution in [2.45, 2.75) is 55.8 Å². The van der Waals surface area contributed by atoms with Crippen molar-refractivity contribution in [2.75, 3.05) is 0 Å². The maximum atomic E-state index is 4.41. The number of hydrogen-bond acceptors (Lipinski definition) is 2. The molecule has 0 bridgehead atoms. The van der Waals surface area contributed by atoms with Crippen LogP contribution >= 0.6 is 15.9 Å². The molecular formula is C11H16BrN3. The average Bonchev–Trinajstić information content (AvgIpc) is 2.83. The quantitative estimate of drug-likeness (QED) is 0.790.